The number of thiophene rings is 1. The van der Waals surface area contributed by atoms with Crippen LogP contribution >= 0.6 is 11.3 Å². The van der Waals surface area contributed by atoms with Crippen molar-refractivity contribution < 1.29 is 0 Å². The molecule has 3 N–H and O–H groups in total. The minimum atomic E-state index is 0.435. The lowest BCUT2D eigenvalue weighted by molar-refractivity contribution is 0.486. The SMILES string of the molecule is CCCC(Cc1ccsc1)NN. The van der Waals surface area contributed by atoms with Crippen molar-refractivity contribution >= 4 is 11.3 Å². The second kappa shape index (κ2) is 5.30. The van der Waals surface area contributed by atoms with Gasteiger partial charge in [-0.2, -0.15) is 11.3 Å². The van der Waals surface area contributed by atoms with Crippen LogP contribution in [-0.4, -0.2) is 6.04 Å². The summed E-state index contributed by atoms with van der Waals surface area (Å²) in [5, 5.41) is 4.29. The standard InChI is InChI=1S/C9H16N2S/c1-2-3-9(11-10)6-8-4-5-12-7-8/h4-5,7,9,11H,2-3,6,10H2,1H3. The molecule has 0 aliphatic rings. The molecule has 1 aromatic rings. The molecule has 0 amide bonds. The van der Waals surface area contributed by atoms with Crippen molar-refractivity contribution in [2.45, 2.75) is 32.2 Å². The van der Waals surface area contributed by atoms with Crippen LogP contribution in [0.4, 0.5) is 0 Å². The molecule has 1 rings (SSSR count). The minimum absolute atomic E-state index is 0.435. The van der Waals surface area contributed by atoms with Crippen molar-refractivity contribution in [1.82, 2.24) is 5.43 Å². The quantitative estimate of drug-likeness (QED) is 0.542. The summed E-state index contributed by atoms with van der Waals surface area (Å²) in [6, 6.07) is 2.59. The number of hydrogen-bond acceptors (Lipinski definition) is 3. The summed E-state index contributed by atoms with van der Waals surface area (Å²) in [4.78, 5) is 0. The first-order chi connectivity index (χ1) is 5.86. The van der Waals surface area contributed by atoms with Crippen LogP contribution < -0.4 is 11.3 Å². The van der Waals surface area contributed by atoms with Gasteiger partial charge in [0.2, 0.25) is 0 Å². The van der Waals surface area contributed by atoms with Gasteiger partial charge >= 0.3 is 0 Å². The summed E-state index contributed by atoms with van der Waals surface area (Å²) < 4.78 is 0. The summed E-state index contributed by atoms with van der Waals surface area (Å²) in [6.45, 7) is 2.18. The van der Waals surface area contributed by atoms with E-state index in [9.17, 15) is 0 Å². The van der Waals surface area contributed by atoms with Crippen LogP contribution in [0, 0.1) is 0 Å². The van der Waals surface area contributed by atoms with E-state index in [1.54, 1.807) is 11.3 Å². The fraction of sp³-hybridized carbons (Fsp3) is 0.556. The number of nitrogens with one attached hydrogen (secondary N) is 1. The van der Waals surface area contributed by atoms with E-state index in [2.05, 4.69) is 29.2 Å². The molecule has 0 spiro atoms. The fourth-order valence-electron chi connectivity index (χ4n) is 1.29. The number of hydrogen-bond donors (Lipinski definition) is 2. The third-order valence-electron chi connectivity index (χ3n) is 1.94. The van der Waals surface area contributed by atoms with Crippen molar-refractivity contribution in [3.8, 4) is 0 Å². The Morgan fingerprint density at radius 2 is 2.50 bits per heavy atom. The zero-order chi connectivity index (χ0) is 8.81. The molecule has 0 aliphatic heterocycles. The maximum absolute atomic E-state index is 5.43. The lowest BCUT2D eigenvalue weighted by Crippen LogP contribution is -2.36. The van der Waals surface area contributed by atoms with Crippen molar-refractivity contribution in [3.63, 3.8) is 0 Å². The monoisotopic (exact) mass is 184 g/mol. The zero-order valence-electron chi connectivity index (χ0n) is 7.42. The van der Waals surface area contributed by atoms with Gasteiger partial charge in [0.1, 0.15) is 0 Å². The summed E-state index contributed by atoms with van der Waals surface area (Å²) in [7, 11) is 0. The Bertz CT molecular complexity index is 196. The second-order valence-electron chi connectivity index (χ2n) is 2.99. The average molecular weight is 184 g/mol. The van der Waals surface area contributed by atoms with Crippen molar-refractivity contribution in [2.24, 2.45) is 5.84 Å². The lowest BCUT2D eigenvalue weighted by Gasteiger charge is -2.13. The van der Waals surface area contributed by atoms with Crippen LogP contribution in [0.2, 0.25) is 0 Å². The van der Waals surface area contributed by atoms with E-state index in [1.165, 1.54) is 12.0 Å². The molecule has 1 unspecified atom stereocenters. The van der Waals surface area contributed by atoms with Gasteiger partial charge in [0.15, 0.2) is 0 Å². The van der Waals surface area contributed by atoms with E-state index in [4.69, 9.17) is 5.84 Å². The van der Waals surface area contributed by atoms with E-state index in [0.717, 1.165) is 12.8 Å². The largest absolute Gasteiger partial charge is 0.271 e. The molecule has 3 heteroatoms. The smallest absolute Gasteiger partial charge is 0.0251 e. The Balaban J connectivity index is 2.37. The van der Waals surface area contributed by atoms with Gasteiger partial charge in [-0.15, -0.1) is 0 Å². The van der Waals surface area contributed by atoms with Crippen LogP contribution in [0.3, 0.4) is 0 Å². The molecule has 2 nitrogen and oxygen atoms in total. The van der Waals surface area contributed by atoms with Gasteiger partial charge in [0.25, 0.3) is 0 Å². The third kappa shape index (κ3) is 2.93. The number of rotatable bonds is 5. The molecular weight excluding hydrogens is 168 g/mol. The molecule has 68 valence electrons. The highest BCUT2D eigenvalue weighted by Gasteiger charge is 2.05. The maximum atomic E-state index is 5.43. The maximum Gasteiger partial charge on any atom is 0.0251 e. The molecule has 0 saturated heterocycles. The van der Waals surface area contributed by atoms with E-state index in [-0.39, 0.29) is 0 Å². The van der Waals surface area contributed by atoms with Crippen molar-refractivity contribution in [3.05, 3.63) is 22.4 Å². The summed E-state index contributed by atoms with van der Waals surface area (Å²) in [6.07, 6.45) is 3.37. The topological polar surface area (TPSA) is 38.0 Å². The molecule has 1 heterocycles. The van der Waals surface area contributed by atoms with E-state index in [1.807, 2.05) is 0 Å². The zero-order valence-corrected chi connectivity index (χ0v) is 8.23. The third-order valence-corrected chi connectivity index (χ3v) is 2.67. The Morgan fingerprint density at radius 1 is 1.67 bits per heavy atom. The van der Waals surface area contributed by atoms with Crippen LogP contribution in [0.1, 0.15) is 25.3 Å². The van der Waals surface area contributed by atoms with Crippen molar-refractivity contribution in [1.29, 1.82) is 0 Å². The van der Waals surface area contributed by atoms with Crippen LogP contribution in [0.5, 0.6) is 0 Å². The first kappa shape index (κ1) is 9.71. The Hall–Kier alpha value is -0.380. The van der Waals surface area contributed by atoms with E-state index >= 15 is 0 Å². The van der Waals surface area contributed by atoms with Gasteiger partial charge in [-0.05, 0) is 35.2 Å². The van der Waals surface area contributed by atoms with Crippen LogP contribution in [0.25, 0.3) is 0 Å². The fourth-order valence-corrected chi connectivity index (χ4v) is 1.97. The predicted octanol–water partition coefficient (Wildman–Crippen LogP) is 1.92. The van der Waals surface area contributed by atoms with Crippen LogP contribution in [-0.2, 0) is 6.42 Å². The highest BCUT2D eigenvalue weighted by atomic mass is 32.1. The van der Waals surface area contributed by atoms with Gasteiger partial charge < -0.3 is 0 Å². The Morgan fingerprint density at radius 3 is 3.00 bits per heavy atom. The van der Waals surface area contributed by atoms with E-state index < -0.39 is 0 Å². The molecule has 0 aliphatic carbocycles. The van der Waals surface area contributed by atoms with Gasteiger partial charge in [0, 0.05) is 6.04 Å². The molecule has 1 aromatic heterocycles. The summed E-state index contributed by atoms with van der Waals surface area (Å²) in [5.74, 6) is 5.43. The van der Waals surface area contributed by atoms with Gasteiger partial charge in [-0.3, -0.25) is 11.3 Å². The Kier molecular flexibility index (Phi) is 4.29. The first-order valence-corrected chi connectivity index (χ1v) is 5.28. The Labute approximate surface area is 77.8 Å². The number of hydrazine groups is 1. The van der Waals surface area contributed by atoms with Gasteiger partial charge in [-0.25, -0.2) is 0 Å². The molecule has 0 radical (unpaired) electrons. The molecular formula is C9H16N2S. The lowest BCUT2D eigenvalue weighted by atomic mass is 10.1. The van der Waals surface area contributed by atoms with Gasteiger partial charge in [0.05, 0.1) is 0 Å². The molecule has 0 saturated carbocycles. The van der Waals surface area contributed by atoms with E-state index in [0.29, 0.717) is 6.04 Å². The molecule has 0 bridgehead atoms. The molecule has 0 aromatic carbocycles. The summed E-state index contributed by atoms with van der Waals surface area (Å²) in [5.41, 5.74) is 4.23. The average Bonchev–Trinajstić information content (AvgIpc) is 2.56. The number of nitrogens with two attached hydrogens (primary N) is 1. The predicted molar refractivity (Wildman–Crippen MR) is 54.0 cm³/mol. The first-order valence-electron chi connectivity index (χ1n) is 4.34. The normalized spacial score (nSPS) is 13.2. The molecule has 1 atom stereocenters. The summed E-state index contributed by atoms with van der Waals surface area (Å²) >= 11 is 1.74. The highest BCUT2D eigenvalue weighted by molar-refractivity contribution is 7.07. The molecule has 0 fully saturated rings. The second-order valence-corrected chi connectivity index (χ2v) is 3.77. The minimum Gasteiger partial charge on any atom is -0.271 e. The van der Waals surface area contributed by atoms with Crippen LogP contribution in [0.15, 0.2) is 16.8 Å². The van der Waals surface area contributed by atoms with Gasteiger partial charge in [-0.1, -0.05) is 13.3 Å². The van der Waals surface area contributed by atoms with Crippen molar-refractivity contribution in [2.75, 3.05) is 0 Å². The molecule has 12 heavy (non-hydrogen) atoms. The highest BCUT2D eigenvalue weighted by Crippen LogP contribution is 2.10.